The van der Waals surface area contributed by atoms with E-state index < -0.39 is 11.7 Å². The highest BCUT2D eigenvalue weighted by Gasteiger charge is 2.44. The molecule has 1 aliphatic carbocycles. The molecule has 128 valence electrons. The molecule has 4 nitrogen and oxygen atoms in total. The molecular formula is C18H14F3N3O. The average Bonchev–Trinajstić information content (AvgIpc) is 3.25. The Morgan fingerprint density at radius 3 is 2.64 bits per heavy atom. The van der Waals surface area contributed by atoms with E-state index in [4.69, 9.17) is 0 Å². The first kappa shape index (κ1) is 15.7. The number of H-pyrrole nitrogens is 1. The van der Waals surface area contributed by atoms with Crippen molar-refractivity contribution >= 4 is 22.5 Å². The second-order valence-corrected chi connectivity index (χ2v) is 6.23. The van der Waals surface area contributed by atoms with Gasteiger partial charge < -0.3 is 5.32 Å². The molecule has 0 bridgehead atoms. The van der Waals surface area contributed by atoms with Crippen molar-refractivity contribution in [3.8, 4) is 0 Å². The van der Waals surface area contributed by atoms with Gasteiger partial charge in [0.15, 0.2) is 0 Å². The number of anilines is 1. The van der Waals surface area contributed by atoms with E-state index in [1.807, 2.05) is 6.07 Å². The molecule has 4 rings (SSSR count). The number of nitrogens with zero attached hydrogens (tertiary/aromatic N) is 1. The summed E-state index contributed by atoms with van der Waals surface area (Å²) in [6.07, 6.45) is -2.00. The zero-order valence-corrected chi connectivity index (χ0v) is 13.0. The van der Waals surface area contributed by atoms with Crippen LogP contribution in [0.3, 0.4) is 0 Å². The molecule has 1 fully saturated rings. The molecule has 7 heteroatoms. The summed E-state index contributed by atoms with van der Waals surface area (Å²) in [4.78, 5) is 12.3. The third kappa shape index (κ3) is 3.09. The van der Waals surface area contributed by atoms with Crippen LogP contribution in [0.2, 0.25) is 0 Å². The molecule has 0 aliphatic heterocycles. The summed E-state index contributed by atoms with van der Waals surface area (Å²) in [6, 6.07) is 10.5. The molecule has 0 spiro atoms. The summed E-state index contributed by atoms with van der Waals surface area (Å²) in [7, 11) is 0. The van der Waals surface area contributed by atoms with Gasteiger partial charge in [-0.25, -0.2) is 0 Å². The molecule has 2 aromatic carbocycles. The van der Waals surface area contributed by atoms with Crippen LogP contribution in [0.1, 0.15) is 23.5 Å². The van der Waals surface area contributed by atoms with Gasteiger partial charge in [-0.2, -0.15) is 18.3 Å². The van der Waals surface area contributed by atoms with Gasteiger partial charge in [-0.1, -0.05) is 12.1 Å². The van der Waals surface area contributed by atoms with Gasteiger partial charge in [-0.05, 0) is 48.2 Å². The molecule has 2 N–H and O–H groups in total. The Morgan fingerprint density at radius 2 is 1.92 bits per heavy atom. The fraction of sp³-hybridized carbons (Fsp3) is 0.222. The smallest absolute Gasteiger partial charge is 0.326 e. The van der Waals surface area contributed by atoms with Crippen LogP contribution >= 0.6 is 0 Å². The van der Waals surface area contributed by atoms with Crippen molar-refractivity contribution in [2.75, 3.05) is 5.32 Å². The largest absolute Gasteiger partial charge is 0.416 e. The first-order chi connectivity index (χ1) is 11.9. The molecule has 3 aromatic rings. The lowest BCUT2D eigenvalue weighted by Gasteiger charge is -2.08. The summed E-state index contributed by atoms with van der Waals surface area (Å²) in [5.74, 6) is -0.365. The minimum Gasteiger partial charge on any atom is -0.326 e. The van der Waals surface area contributed by atoms with Crippen LogP contribution in [-0.2, 0) is 11.0 Å². The third-order valence-corrected chi connectivity index (χ3v) is 4.50. The van der Waals surface area contributed by atoms with Crippen LogP contribution in [0.25, 0.3) is 10.9 Å². The fourth-order valence-electron chi connectivity index (χ4n) is 3.02. The Hall–Kier alpha value is -2.83. The van der Waals surface area contributed by atoms with Gasteiger partial charge in [-0.3, -0.25) is 9.89 Å². The van der Waals surface area contributed by atoms with Crippen LogP contribution in [-0.4, -0.2) is 16.1 Å². The summed E-state index contributed by atoms with van der Waals surface area (Å²) < 4.78 is 37.8. The molecule has 25 heavy (non-hydrogen) atoms. The van der Waals surface area contributed by atoms with E-state index in [-0.39, 0.29) is 17.7 Å². The minimum atomic E-state index is -4.34. The quantitative estimate of drug-likeness (QED) is 0.743. The van der Waals surface area contributed by atoms with Crippen molar-refractivity contribution in [2.45, 2.75) is 18.5 Å². The van der Waals surface area contributed by atoms with Gasteiger partial charge in [-0.15, -0.1) is 0 Å². The van der Waals surface area contributed by atoms with Gasteiger partial charge in [0.05, 0.1) is 17.3 Å². The lowest BCUT2D eigenvalue weighted by molar-refractivity contribution is -0.137. The number of aromatic nitrogens is 2. The van der Waals surface area contributed by atoms with Crippen molar-refractivity contribution in [2.24, 2.45) is 5.92 Å². The van der Waals surface area contributed by atoms with Crippen LogP contribution in [0.4, 0.5) is 18.9 Å². The van der Waals surface area contributed by atoms with Gasteiger partial charge in [0.2, 0.25) is 5.91 Å². The molecule has 2 unspecified atom stereocenters. The lowest BCUT2D eigenvalue weighted by Crippen LogP contribution is -2.14. The SMILES string of the molecule is O=C(Nc1ccc2cn[nH]c2c1)C1CC1c1ccc(C(F)(F)F)cc1. The number of nitrogens with one attached hydrogen (secondary N) is 2. The first-order valence-corrected chi connectivity index (χ1v) is 7.83. The number of hydrogen-bond donors (Lipinski definition) is 2. The molecule has 1 aromatic heterocycles. The van der Waals surface area contributed by atoms with E-state index in [0.29, 0.717) is 12.1 Å². The fourth-order valence-corrected chi connectivity index (χ4v) is 3.02. The maximum Gasteiger partial charge on any atom is 0.416 e. The Labute approximate surface area is 141 Å². The number of rotatable bonds is 3. The second-order valence-electron chi connectivity index (χ2n) is 6.23. The van der Waals surface area contributed by atoms with Gasteiger partial charge in [0, 0.05) is 17.0 Å². The predicted octanol–water partition coefficient (Wildman–Crippen LogP) is 4.32. The van der Waals surface area contributed by atoms with Crippen LogP contribution in [0.15, 0.2) is 48.7 Å². The number of aromatic amines is 1. The zero-order chi connectivity index (χ0) is 17.6. The number of halogens is 3. The van der Waals surface area contributed by atoms with Crippen molar-refractivity contribution in [1.82, 2.24) is 10.2 Å². The molecule has 0 radical (unpaired) electrons. The molecule has 0 saturated heterocycles. The third-order valence-electron chi connectivity index (χ3n) is 4.50. The summed E-state index contributed by atoms with van der Waals surface area (Å²) >= 11 is 0. The normalized spacial score (nSPS) is 19.8. The van der Waals surface area contributed by atoms with Crippen molar-refractivity contribution < 1.29 is 18.0 Å². The Morgan fingerprint density at radius 1 is 1.16 bits per heavy atom. The number of benzene rings is 2. The molecule has 1 heterocycles. The highest BCUT2D eigenvalue weighted by Crippen LogP contribution is 2.48. The number of carbonyl (C=O) groups is 1. The molecular weight excluding hydrogens is 331 g/mol. The number of hydrogen-bond acceptors (Lipinski definition) is 2. The molecule has 1 saturated carbocycles. The Kier molecular flexibility index (Phi) is 3.52. The lowest BCUT2D eigenvalue weighted by atomic mass is 10.1. The van der Waals surface area contributed by atoms with Crippen molar-refractivity contribution in [1.29, 1.82) is 0 Å². The van der Waals surface area contributed by atoms with E-state index >= 15 is 0 Å². The van der Waals surface area contributed by atoms with E-state index in [9.17, 15) is 18.0 Å². The van der Waals surface area contributed by atoms with E-state index in [2.05, 4.69) is 15.5 Å². The van der Waals surface area contributed by atoms with Crippen molar-refractivity contribution in [3.05, 3.63) is 59.8 Å². The maximum absolute atomic E-state index is 12.6. The summed E-state index contributed by atoms with van der Waals surface area (Å²) in [6.45, 7) is 0. The summed E-state index contributed by atoms with van der Waals surface area (Å²) in [5, 5.41) is 10.6. The van der Waals surface area contributed by atoms with Gasteiger partial charge >= 0.3 is 6.18 Å². The predicted molar refractivity (Wildman–Crippen MR) is 87.0 cm³/mol. The zero-order valence-electron chi connectivity index (χ0n) is 13.0. The maximum atomic E-state index is 12.6. The second kappa shape index (κ2) is 5.61. The van der Waals surface area contributed by atoms with Crippen LogP contribution in [0, 0.1) is 5.92 Å². The standard InChI is InChI=1S/C18H14F3N3O/c19-18(20,21)12-4-1-10(2-5-12)14-8-15(14)17(25)23-13-6-3-11-9-22-24-16(11)7-13/h1-7,9,14-15H,8H2,(H,22,24)(H,23,25). The monoisotopic (exact) mass is 345 g/mol. The number of amides is 1. The number of alkyl halides is 3. The van der Waals surface area contributed by atoms with Crippen molar-refractivity contribution in [3.63, 3.8) is 0 Å². The summed E-state index contributed by atoms with van der Waals surface area (Å²) in [5.41, 5.74) is 1.58. The average molecular weight is 345 g/mol. The molecule has 2 atom stereocenters. The van der Waals surface area contributed by atoms with Gasteiger partial charge in [0.1, 0.15) is 0 Å². The van der Waals surface area contributed by atoms with E-state index in [1.54, 1.807) is 18.3 Å². The first-order valence-electron chi connectivity index (χ1n) is 7.83. The van der Waals surface area contributed by atoms with E-state index in [0.717, 1.165) is 28.6 Å². The van der Waals surface area contributed by atoms with Crippen LogP contribution < -0.4 is 5.32 Å². The highest BCUT2D eigenvalue weighted by atomic mass is 19.4. The minimum absolute atomic E-state index is 0.0295. The van der Waals surface area contributed by atoms with Crippen LogP contribution in [0.5, 0.6) is 0 Å². The number of fused-ring (bicyclic) bond motifs is 1. The molecule has 1 amide bonds. The van der Waals surface area contributed by atoms with E-state index in [1.165, 1.54) is 12.1 Å². The Balaban J connectivity index is 1.42. The number of carbonyl (C=O) groups excluding carboxylic acids is 1. The molecule has 1 aliphatic rings. The van der Waals surface area contributed by atoms with Gasteiger partial charge in [0.25, 0.3) is 0 Å². The highest BCUT2D eigenvalue weighted by molar-refractivity contribution is 5.97. The Bertz CT molecular complexity index is 931. The topological polar surface area (TPSA) is 57.8 Å².